The molecule has 0 fully saturated rings. The number of carbonyl (C=O) groups is 1. The number of phenolic OH excluding ortho intramolecular Hbond substituents is 1. The second-order valence-electron chi connectivity index (χ2n) is 3.85. The molecule has 0 bridgehead atoms. The number of ether oxygens (including phenoxy) is 1. The Kier molecular flexibility index (Phi) is 3.12. The van der Waals surface area contributed by atoms with Gasteiger partial charge in [0.2, 0.25) is 0 Å². The van der Waals surface area contributed by atoms with Gasteiger partial charge in [-0.15, -0.1) is 0 Å². The van der Waals surface area contributed by atoms with E-state index >= 15 is 0 Å². The van der Waals surface area contributed by atoms with Crippen LogP contribution in [0, 0.1) is 5.82 Å². The minimum absolute atomic E-state index is 0.0342. The molecule has 2 N–H and O–H groups in total. The van der Waals surface area contributed by atoms with Gasteiger partial charge in [0.25, 0.3) is 0 Å². The number of methoxy groups -OCH3 is 1. The monoisotopic (exact) mass is 266 g/mol. The molecule has 2 rings (SSSR count). The molecule has 0 aliphatic rings. The van der Waals surface area contributed by atoms with Gasteiger partial charge in [0, 0.05) is 18.7 Å². The third-order valence-electron chi connectivity index (χ3n) is 2.63. The van der Waals surface area contributed by atoms with Gasteiger partial charge in [0.15, 0.2) is 17.2 Å². The van der Waals surface area contributed by atoms with Crippen molar-refractivity contribution < 1.29 is 24.1 Å². The predicted octanol–water partition coefficient (Wildman–Crippen LogP) is 1.64. The number of aryl methyl sites for hydroxylation is 1. The number of phenols is 1. The highest BCUT2D eigenvalue weighted by Gasteiger charge is 2.18. The molecule has 0 aliphatic carbocycles. The zero-order valence-electron chi connectivity index (χ0n) is 10.2. The van der Waals surface area contributed by atoms with E-state index in [1.54, 1.807) is 0 Å². The SMILES string of the molecule is COc1cc(F)cc(-c2cc(C(=O)O)nn2C)c1O. The number of halogens is 1. The predicted molar refractivity (Wildman–Crippen MR) is 63.8 cm³/mol. The summed E-state index contributed by atoms with van der Waals surface area (Å²) in [4.78, 5) is 10.8. The maximum atomic E-state index is 13.4. The molecule has 7 heteroatoms. The minimum atomic E-state index is -1.20. The molecule has 19 heavy (non-hydrogen) atoms. The Morgan fingerprint density at radius 1 is 1.42 bits per heavy atom. The molecule has 0 saturated carbocycles. The van der Waals surface area contributed by atoms with E-state index in [1.807, 2.05) is 0 Å². The van der Waals surface area contributed by atoms with E-state index in [2.05, 4.69) is 5.10 Å². The fourth-order valence-corrected chi connectivity index (χ4v) is 1.75. The first kappa shape index (κ1) is 12.9. The Labute approximate surface area is 107 Å². The molecular formula is C12H11FN2O4. The first-order valence-electron chi connectivity index (χ1n) is 5.28. The second-order valence-corrected chi connectivity index (χ2v) is 3.85. The third kappa shape index (κ3) is 2.22. The van der Waals surface area contributed by atoms with Crippen LogP contribution in [0.15, 0.2) is 18.2 Å². The second kappa shape index (κ2) is 4.60. The van der Waals surface area contributed by atoms with Crippen LogP contribution in [0.4, 0.5) is 4.39 Å². The van der Waals surface area contributed by atoms with Gasteiger partial charge in [-0.3, -0.25) is 4.68 Å². The van der Waals surface area contributed by atoms with E-state index in [9.17, 15) is 14.3 Å². The Morgan fingerprint density at radius 2 is 2.11 bits per heavy atom. The minimum Gasteiger partial charge on any atom is -0.504 e. The van der Waals surface area contributed by atoms with Crippen LogP contribution in [0.3, 0.4) is 0 Å². The molecule has 2 aromatic rings. The van der Waals surface area contributed by atoms with Crippen molar-refractivity contribution in [3.63, 3.8) is 0 Å². The van der Waals surface area contributed by atoms with Crippen LogP contribution in [-0.4, -0.2) is 33.1 Å². The van der Waals surface area contributed by atoms with E-state index in [0.29, 0.717) is 0 Å². The smallest absolute Gasteiger partial charge is 0.356 e. The molecule has 0 aliphatic heterocycles. The zero-order valence-corrected chi connectivity index (χ0v) is 10.2. The van der Waals surface area contributed by atoms with E-state index in [0.717, 1.165) is 12.1 Å². The first-order valence-corrected chi connectivity index (χ1v) is 5.28. The van der Waals surface area contributed by atoms with Crippen molar-refractivity contribution in [2.24, 2.45) is 7.05 Å². The summed E-state index contributed by atoms with van der Waals surface area (Å²) in [6, 6.07) is 3.37. The van der Waals surface area contributed by atoms with Crippen LogP contribution in [0.1, 0.15) is 10.5 Å². The summed E-state index contributed by atoms with van der Waals surface area (Å²) in [6.45, 7) is 0. The summed E-state index contributed by atoms with van der Waals surface area (Å²) in [7, 11) is 2.79. The number of hydrogen-bond acceptors (Lipinski definition) is 4. The Balaban J connectivity index is 2.65. The van der Waals surface area contributed by atoms with Crippen molar-refractivity contribution in [2.45, 2.75) is 0 Å². The number of aromatic carboxylic acids is 1. The highest BCUT2D eigenvalue weighted by Crippen LogP contribution is 2.37. The van der Waals surface area contributed by atoms with Crippen molar-refractivity contribution in [3.05, 3.63) is 29.7 Å². The molecule has 0 radical (unpaired) electrons. The number of nitrogens with zero attached hydrogens (tertiary/aromatic N) is 2. The lowest BCUT2D eigenvalue weighted by atomic mass is 10.1. The number of aromatic hydroxyl groups is 1. The highest BCUT2D eigenvalue weighted by atomic mass is 19.1. The number of hydrogen-bond donors (Lipinski definition) is 2. The van der Waals surface area contributed by atoms with Gasteiger partial charge in [-0.05, 0) is 12.1 Å². The molecule has 0 atom stereocenters. The fourth-order valence-electron chi connectivity index (χ4n) is 1.75. The quantitative estimate of drug-likeness (QED) is 0.882. The van der Waals surface area contributed by atoms with Crippen LogP contribution >= 0.6 is 0 Å². The topological polar surface area (TPSA) is 84.6 Å². The first-order chi connectivity index (χ1) is 8.93. The van der Waals surface area contributed by atoms with Gasteiger partial charge in [0.1, 0.15) is 5.82 Å². The molecule has 0 saturated heterocycles. The van der Waals surface area contributed by atoms with Crippen molar-refractivity contribution in [1.82, 2.24) is 9.78 Å². The van der Waals surface area contributed by atoms with Gasteiger partial charge in [-0.1, -0.05) is 0 Å². The number of carboxylic acids is 1. The van der Waals surface area contributed by atoms with E-state index in [-0.39, 0.29) is 28.5 Å². The van der Waals surface area contributed by atoms with Crippen molar-refractivity contribution >= 4 is 5.97 Å². The third-order valence-corrected chi connectivity index (χ3v) is 2.63. The van der Waals surface area contributed by atoms with Crippen molar-refractivity contribution in [3.8, 4) is 22.8 Å². The maximum Gasteiger partial charge on any atom is 0.356 e. The van der Waals surface area contributed by atoms with Gasteiger partial charge < -0.3 is 14.9 Å². The van der Waals surface area contributed by atoms with Gasteiger partial charge in [-0.25, -0.2) is 9.18 Å². The summed E-state index contributed by atoms with van der Waals surface area (Å²) in [6.07, 6.45) is 0. The van der Waals surface area contributed by atoms with Crippen LogP contribution < -0.4 is 4.74 Å². The summed E-state index contributed by atoms with van der Waals surface area (Å²) < 4.78 is 19.5. The summed E-state index contributed by atoms with van der Waals surface area (Å²) >= 11 is 0. The number of carboxylic acid groups (broad SMARTS) is 1. The molecule has 0 unspecified atom stereocenters. The van der Waals surface area contributed by atoms with Crippen LogP contribution in [0.2, 0.25) is 0 Å². The Bertz CT molecular complexity index is 651. The average molecular weight is 266 g/mol. The molecule has 0 amide bonds. The summed E-state index contributed by atoms with van der Waals surface area (Å²) in [5.74, 6) is -2.12. The Hall–Kier alpha value is -2.57. The molecule has 100 valence electrons. The average Bonchev–Trinajstić information content (AvgIpc) is 2.74. The van der Waals surface area contributed by atoms with Gasteiger partial charge in [-0.2, -0.15) is 5.10 Å². The fraction of sp³-hybridized carbons (Fsp3) is 0.167. The van der Waals surface area contributed by atoms with Gasteiger partial charge >= 0.3 is 5.97 Å². The molecule has 1 heterocycles. The van der Waals surface area contributed by atoms with Crippen LogP contribution in [0.5, 0.6) is 11.5 Å². The van der Waals surface area contributed by atoms with Gasteiger partial charge in [0.05, 0.1) is 12.8 Å². The summed E-state index contributed by atoms with van der Waals surface area (Å²) in [5.41, 5.74) is 0.187. The van der Waals surface area contributed by atoms with Crippen LogP contribution in [-0.2, 0) is 7.05 Å². The van der Waals surface area contributed by atoms with E-state index < -0.39 is 11.8 Å². The number of benzene rings is 1. The normalized spacial score (nSPS) is 10.5. The number of rotatable bonds is 3. The van der Waals surface area contributed by atoms with Crippen molar-refractivity contribution in [1.29, 1.82) is 0 Å². The highest BCUT2D eigenvalue weighted by molar-refractivity contribution is 5.87. The zero-order chi connectivity index (χ0) is 14.2. The van der Waals surface area contributed by atoms with Crippen molar-refractivity contribution in [2.75, 3.05) is 7.11 Å². The molecular weight excluding hydrogens is 255 g/mol. The Morgan fingerprint density at radius 3 is 2.63 bits per heavy atom. The lowest BCUT2D eigenvalue weighted by Gasteiger charge is -2.09. The van der Waals surface area contributed by atoms with Crippen LogP contribution in [0.25, 0.3) is 11.3 Å². The van der Waals surface area contributed by atoms with E-state index in [4.69, 9.17) is 9.84 Å². The lowest BCUT2D eigenvalue weighted by Crippen LogP contribution is -1.99. The summed E-state index contributed by atoms with van der Waals surface area (Å²) in [5, 5.41) is 22.6. The molecule has 1 aromatic heterocycles. The van der Waals surface area contributed by atoms with E-state index in [1.165, 1.54) is 24.9 Å². The maximum absolute atomic E-state index is 13.4. The molecule has 0 spiro atoms. The molecule has 6 nitrogen and oxygen atoms in total. The lowest BCUT2D eigenvalue weighted by molar-refractivity contribution is 0.0689. The largest absolute Gasteiger partial charge is 0.504 e. The number of aromatic nitrogens is 2. The standard InChI is InChI=1S/C12H11FN2O4/c1-15-9(5-8(14-15)12(17)18)7-3-6(13)4-10(19-2)11(7)16/h3-5,16H,1-2H3,(H,17,18). The molecule has 1 aromatic carbocycles.